The molecule has 176 valence electrons. The molecule has 0 atom stereocenters. The average molecular weight is 499 g/mol. The van der Waals surface area contributed by atoms with Gasteiger partial charge in [-0.3, -0.25) is 0 Å². The third kappa shape index (κ3) is 3.78. The summed E-state index contributed by atoms with van der Waals surface area (Å²) >= 11 is -3.13. The van der Waals surface area contributed by atoms with E-state index in [1.165, 1.54) is 22.5 Å². The molecule has 6 rings (SSSR count). The van der Waals surface area contributed by atoms with Crippen LogP contribution < -0.4 is 18.0 Å². The predicted octanol–water partition coefficient (Wildman–Crippen LogP) is 6.32. The Labute approximate surface area is 210 Å². The summed E-state index contributed by atoms with van der Waals surface area (Å²) < 4.78 is 7.05. The molecule has 4 aromatic carbocycles. The van der Waals surface area contributed by atoms with Crippen LogP contribution in [0.1, 0.15) is 12.8 Å². The molecule has 2 aliphatic rings. The van der Waals surface area contributed by atoms with Crippen LogP contribution in [0.3, 0.4) is 0 Å². The molecule has 0 N–H and O–H groups in total. The van der Waals surface area contributed by atoms with E-state index in [9.17, 15) is 0 Å². The average Bonchev–Trinajstić information content (AvgIpc) is 3.71. The van der Waals surface area contributed by atoms with E-state index in [1.54, 1.807) is 0 Å². The molecular formula is C34H31Co. The molecule has 35 heavy (non-hydrogen) atoms. The number of benzene rings is 4. The standard InChI is InChI=1S/4C6H5.C5H6.C5H5.Co/c4*1-2-4-6-5-3-1;2*1-2-4-5-3-1;/h4*1-5H;1-4H,5H2;1-3H,4H2;. The van der Waals surface area contributed by atoms with E-state index in [2.05, 4.69) is 164 Å². The summed E-state index contributed by atoms with van der Waals surface area (Å²) in [6.07, 6.45) is 17.4. The van der Waals surface area contributed by atoms with Crippen LogP contribution in [-0.4, -0.2) is 0 Å². The molecule has 0 unspecified atom stereocenters. The third-order valence-electron chi connectivity index (χ3n) is 6.21. The van der Waals surface area contributed by atoms with Crippen LogP contribution in [0.15, 0.2) is 168 Å². The Balaban J connectivity index is 0.000000453. The number of hydrogen-bond acceptors (Lipinski definition) is 0. The van der Waals surface area contributed by atoms with Gasteiger partial charge in [-0.2, -0.15) is 0 Å². The second-order valence-corrected chi connectivity index (χ2v) is 13.9. The minimum atomic E-state index is -3.13. The van der Waals surface area contributed by atoms with Crippen molar-refractivity contribution in [3.8, 4) is 0 Å². The molecule has 0 radical (unpaired) electrons. The summed E-state index contributed by atoms with van der Waals surface area (Å²) in [6, 6.07) is 44.7. The summed E-state index contributed by atoms with van der Waals surface area (Å²) in [5.41, 5.74) is 0. The van der Waals surface area contributed by atoms with E-state index in [0.717, 1.165) is 12.8 Å². The Hall–Kier alpha value is -3.65. The van der Waals surface area contributed by atoms with Gasteiger partial charge in [-0.25, -0.2) is 0 Å². The Bertz CT molecular complexity index is 1180. The molecule has 4 aromatic rings. The Morgan fingerprint density at radius 1 is 0.400 bits per heavy atom. The van der Waals surface area contributed by atoms with E-state index >= 15 is 0 Å². The van der Waals surface area contributed by atoms with Crippen molar-refractivity contribution in [3.05, 3.63) is 168 Å². The van der Waals surface area contributed by atoms with Crippen molar-refractivity contribution in [3.63, 3.8) is 0 Å². The van der Waals surface area contributed by atoms with E-state index in [0.29, 0.717) is 0 Å². The molecule has 0 aromatic heterocycles. The monoisotopic (exact) mass is 498 g/mol. The zero-order chi connectivity index (χ0) is 23.8. The first kappa shape index (κ1) is 23.1. The normalized spacial score (nSPS) is 15.1. The van der Waals surface area contributed by atoms with Gasteiger partial charge < -0.3 is 0 Å². The Morgan fingerprint density at radius 3 is 1.03 bits per heavy atom. The Morgan fingerprint density at radius 2 is 0.771 bits per heavy atom. The zero-order valence-electron chi connectivity index (χ0n) is 19.8. The van der Waals surface area contributed by atoms with E-state index < -0.39 is 11.6 Å². The molecule has 0 heterocycles. The van der Waals surface area contributed by atoms with Crippen molar-refractivity contribution in [1.82, 2.24) is 0 Å². The van der Waals surface area contributed by atoms with E-state index in [-0.39, 0.29) is 0 Å². The maximum absolute atomic E-state index is 3.13. The molecule has 0 aliphatic heterocycles. The quantitative estimate of drug-likeness (QED) is 0.302. The van der Waals surface area contributed by atoms with Crippen LogP contribution in [0.2, 0.25) is 0 Å². The van der Waals surface area contributed by atoms with Gasteiger partial charge in [0.1, 0.15) is 0 Å². The van der Waals surface area contributed by atoms with Crippen LogP contribution in [0.25, 0.3) is 0 Å². The SMILES string of the molecule is C1=CCC=C1.C1=CC[C]([Co]([c]2ccccc2)([c]2ccccc2)([c]2ccccc2)[c]2ccccc2)=C1. The first-order valence-corrected chi connectivity index (χ1v) is 14.6. The van der Waals surface area contributed by atoms with Gasteiger partial charge in [0.25, 0.3) is 0 Å². The van der Waals surface area contributed by atoms with Gasteiger partial charge in [0.15, 0.2) is 0 Å². The molecular weight excluding hydrogens is 467 g/mol. The van der Waals surface area contributed by atoms with Crippen LogP contribution >= 0.6 is 0 Å². The van der Waals surface area contributed by atoms with Crippen molar-refractivity contribution in [2.45, 2.75) is 12.8 Å². The van der Waals surface area contributed by atoms with Crippen LogP contribution in [0.4, 0.5) is 0 Å². The fourth-order valence-electron chi connectivity index (χ4n) is 4.73. The van der Waals surface area contributed by atoms with Gasteiger partial charge in [0, 0.05) is 0 Å². The molecule has 1 heteroatoms. The summed E-state index contributed by atoms with van der Waals surface area (Å²) in [6.45, 7) is 0. The number of allylic oxidation sites excluding steroid dienone is 8. The topological polar surface area (TPSA) is 0 Å². The molecule has 0 bridgehead atoms. The van der Waals surface area contributed by atoms with E-state index in [4.69, 9.17) is 0 Å². The van der Waals surface area contributed by atoms with Gasteiger partial charge in [-0.05, 0) is 6.42 Å². The molecule has 0 saturated heterocycles. The van der Waals surface area contributed by atoms with Crippen molar-refractivity contribution in [1.29, 1.82) is 0 Å². The predicted molar refractivity (Wildman–Crippen MR) is 149 cm³/mol. The third-order valence-corrected chi connectivity index (χ3v) is 14.1. The van der Waals surface area contributed by atoms with Crippen LogP contribution in [0, 0.1) is 0 Å². The van der Waals surface area contributed by atoms with Crippen molar-refractivity contribution in [2.24, 2.45) is 0 Å². The fourth-order valence-corrected chi connectivity index (χ4v) is 12.9. The van der Waals surface area contributed by atoms with E-state index in [1.807, 2.05) is 0 Å². The fraction of sp³-hybridized carbons (Fsp3) is 0.0588. The van der Waals surface area contributed by atoms with Gasteiger partial charge in [0.05, 0.1) is 0 Å². The molecule has 0 fully saturated rings. The molecule has 2 aliphatic carbocycles. The summed E-state index contributed by atoms with van der Waals surface area (Å²) in [4.78, 5) is 0. The molecule has 0 nitrogen and oxygen atoms in total. The summed E-state index contributed by atoms with van der Waals surface area (Å²) in [7, 11) is 0. The summed E-state index contributed by atoms with van der Waals surface area (Å²) in [5, 5.41) is 0. The minimum absolute atomic E-state index is 0.963. The van der Waals surface area contributed by atoms with Crippen molar-refractivity contribution >= 4 is 18.0 Å². The maximum atomic E-state index is 2.37. The van der Waals surface area contributed by atoms with Gasteiger partial charge in [-0.15, -0.1) is 0 Å². The van der Waals surface area contributed by atoms with Crippen LogP contribution in [0.5, 0.6) is 0 Å². The van der Waals surface area contributed by atoms with Gasteiger partial charge >= 0.3 is 180 Å². The second kappa shape index (κ2) is 10.3. The Kier molecular flexibility index (Phi) is 6.81. The number of hydrogen-bond donors (Lipinski definition) is 0. The number of rotatable bonds is 5. The first-order valence-electron chi connectivity index (χ1n) is 12.0. The first-order chi connectivity index (χ1) is 17.4. The molecule has 0 saturated carbocycles. The van der Waals surface area contributed by atoms with Gasteiger partial charge in [0.2, 0.25) is 0 Å². The van der Waals surface area contributed by atoms with Crippen molar-refractivity contribution < 1.29 is 11.6 Å². The zero-order valence-corrected chi connectivity index (χ0v) is 20.9. The second-order valence-electron chi connectivity index (χ2n) is 8.22. The van der Waals surface area contributed by atoms with Crippen LogP contribution in [-0.2, 0) is 11.6 Å². The molecule has 0 spiro atoms. The molecule has 0 amide bonds. The van der Waals surface area contributed by atoms with Gasteiger partial charge in [-0.1, -0.05) is 24.3 Å². The van der Waals surface area contributed by atoms with Crippen molar-refractivity contribution in [2.75, 3.05) is 0 Å². The summed E-state index contributed by atoms with van der Waals surface area (Å²) in [5.74, 6) is 0.